The van der Waals surface area contributed by atoms with Gasteiger partial charge in [-0.15, -0.1) is 0 Å². The van der Waals surface area contributed by atoms with Crippen molar-refractivity contribution in [1.29, 1.82) is 0 Å². The molecule has 0 saturated heterocycles. The van der Waals surface area contributed by atoms with Gasteiger partial charge in [-0.25, -0.2) is 4.57 Å². The lowest BCUT2D eigenvalue weighted by Crippen LogP contribution is -2.14. The third kappa shape index (κ3) is 6.24. The van der Waals surface area contributed by atoms with Crippen LogP contribution >= 0.6 is 7.82 Å². The number of phosphoric ester groups is 1. The Labute approximate surface area is 89.4 Å². The van der Waals surface area contributed by atoms with Crippen LogP contribution in [0.2, 0.25) is 0 Å². The Bertz CT molecular complexity index is 303. The summed E-state index contributed by atoms with van der Waals surface area (Å²) in [5.41, 5.74) is 0. The summed E-state index contributed by atoms with van der Waals surface area (Å²) in [6.45, 7) is 1.28. The molecular weight excluding hydrogens is 247 g/mol. The SMILES string of the molecule is CCOS(=O)(=O)CCOP(=O)(OC)OC. The molecule has 9 heteroatoms. The topological polar surface area (TPSA) is 88.1 Å². The van der Waals surface area contributed by atoms with E-state index in [-0.39, 0.29) is 13.2 Å². The van der Waals surface area contributed by atoms with E-state index in [1.807, 2.05) is 0 Å². The number of hydrogen-bond acceptors (Lipinski definition) is 7. The largest absolute Gasteiger partial charge is 0.474 e. The van der Waals surface area contributed by atoms with Gasteiger partial charge in [0.15, 0.2) is 0 Å². The number of rotatable bonds is 8. The van der Waals surface area contributed by atoms with Gasteiger partial charge in [0.25, 0.3) is 10.1 Å². The molecule has 0 aromatic rings. The van der Waals surface area contributed by atoms with E-state index < -0.39 is 23.7 Å². The maximum absolute atomic E-state index is 11.3. The lowest BCUT2D eigenvalue weighted by atomic mass is 10.9. The Morgan fingerprint density at radius 2 is 1.73 bits per heavy atom. The molecule has 0 amide bonds. The first-order valence-corrected chi connectivity index (χ1v) is 7.16. The van der Waals surface area contributed by atoms with Crippen LogP contribution in [-0.4, -0.2) is 41.6 Å². The molecule has 0 aromatic carbocycles. The Kier molecular flexibility index (Phi) is 6.58. The number of phosphoric acid groups is 1. The molecule has 7 nitrogen and oxygen atoms in total. The van der Waals surface area contributed by atoms with Gasteiger partial charge >= 0.3 is 7.82 Å². The van der Waals surface area contributed by atoms with Gasteiger partial charge in [-0.2, -0.15) is 8.42 Å². The molecule has 15 heavy (non-hydrogen) atoms. The molecule has 0 aliphatic rings. The fraction of sp³-hybridized carbons (Fsp3) is 1.00. The molecule has 0 saturated carbocycles. The van der Waals surface area contributed by atoms with Crippen molar-refractivity contribution in [2.45, 2.75) is 6.92 Å². The summed E-state index contributed by atoms with van der Waals surface area (Å²) >= 11 is 0. The summed E-state index contributed by atoms with van der Waals surface area (Å²) < 4.78 is 51.3. The summed E-state index contributed by atoms with van der Waals surface area (Å²) in [5.74, 6) is -0.405. The van der Waals surface area contributed by atoms with Crippen LogP contribution in [0.25, 0.3) is 0 Å². The van der Waals surface area contributed by atoms with Crippen molar-refractivity contribution in [2.75, 3.05) is 33.2 Å². The van der Waals surface area contributed by atoms with Crippen LogP contribution in [0.5, 0.6) is 0 Å². The van der Waals surface area contributed by atoms with Crippen molar-refractivity contribution in [3.05, 3.63) is 0 Å². The Morgan fingerprint density at radius 1 is 1.20 bits per heavy atom. The Hall–Kier alpha value is 0.0200. The van der Waals surface area contributed by atoms with Crippen LogP contribution in [0.15, 0.2) is 0 Å². The molecule has 0 spiro atoms. The molecule has 0 fully saturated rings. The summed E-state index contributed by atoms with van der Waals surface area (Å²) in [6.07, 6.45) is 0. The van der Waals surface area contributed by atoms with Crippen LogP contribution in [0.1, 0.15) is 6.92 Å². The summed E-state index contributed by atoms with van der Waals surface area (Å²) in [6, 6.07) is 0. The lowest BCUT2D eigenvalue weighted by Gasteiger charge is -2.12. The average molecular weight is 262 g/mol. The van der Waals surface area contributed by atoms with E-state index in [1.54, 1.807) is 6.92 Å². The van der Waals surface area contributed by atoms with Gasteiger partial charge < -0.3 is 0 Å². The minimum Gasteiger partial charge on any atom is -0.290 e. The van der Waals surface area contributed by atoms with Gasteiger partial charge in [0, 0.05) is 14.2 Å². The first kappa shape index (κ1) is 15.0. The molecule has 0 aliphatic carbocycles. The third-order valence-electron chi connectivity index (χ3n) is 1.33. The molecule has 0 aliphatic heterocycles. The second-order valence-corrected chi connectivity index (χ2v) is 5.96. The normalized spacial score (nSPS) is 13.0. The van der Waals surface area contributed by atoms with Crippen molar-refractivity contribution >= 4 is 17.9 Å². The minimum atomic E-state index is -3.63. The predicted molar refractivity (Wildman–Crippen MR) is 53.0 cm³/mol. The molecule has 0 rings (SSSR count). The van der Waals surface area contributed by atoms with Gasteiger partial charge in [-0.1, -0.05) is 0 Å². The van der Waals surface area contributed by atoms with E-state index in [4.69, 9.17) is 0 Å². The van der Waals surface area contributed by atoms with Gasteiger partial charge in [-0.3, -0.25) is 17.8 Å². The fourth-order valence-electron chi connectivity index (χ4n) is 0.670. The van der Waals surface area contributed by atoms with Gasteiger partial charge in [0.2, 0.25) is 0 Å². The third-order valence-corrected chi connectivity index (χ3v) is 3.98. The molecule has 0 unspecified atom stereocenters. The Balaban J connectivity index is 4.04. The molecule has 0 atom stereocenters. The maximum atomic E-state index is 11.3. The number of hydrogen-bond donors (Lipinski definition) is 0. The average Bonchev–Trinajstić information content (AvgIpc) is 2.17. The highest BCUT2D eigenvalue weighted by molar-refractivity contribution is 7.86. The van der Waals surface area contributed by atoms with Gasteiger partial charge in [0.05, 0.1) is 19.0 Å². The van der Waals surface area contributed by atoms with E-state index in [1.165, 1.54) is 0 Å². The first-order chi connectivity index (χ1) is 6.89. The molecule has 0 aromatic heterocycles. The van der Waals surface area contributed by atoms with Crippen molar-refractivity contribution in [3.63, 3.8) is 0 Å². The Morgan fingerprint density at radius 3 is 2.13 bits per heavy atom. The van der Waals surface area contributed by atoms with Gasteiger partial charge in [0.1, 0.15) is 0 Å². The fourth-order valence-corrected chi connectivity index (χ4v) is 2.23. The second-order valence-electron chi connectivity index (χ2n) is 2.31. The predicted octanol–water partition coefficient (Wildman–Crippen LogP) is 0.770. The van der Waals surface area contributed by atoms with E-state index in [0.29, 0.717) is 0 Å². The van der Waals surface area contributed by atoms with Crippen LogP contribution in [0.3, 0.4) is 0 Å². The van der Waals surface area contributed by atoms with Crippen molar-refractivity contribution in [1.82, 2.24) is 0 Å². The van der Waals surface area contributed by atoms with E-state index >= 15 is 0 Å². The van der Waals surface area contributed by atoms with Gasteiger partial charge in [-0.05, 0) is 6.92 Å². The van der Waals surface area contributed by atoms with E-state index in [2.05, 4.69) is 17.8 Å². The van der Waals surface area contributed by atoms with Crippen molar-refractivity contribution in [3.8, 4) is 0 Å². The highest BCUT2D eigenvalue weighted by Gasteiger charge is 2.23. The molecule has 0 N–H and O–H groups in total. The van der Waals surface area contributed by atoms with E-state index in [0.717, 1.165) is 14.2 Å². The first-order valence-electron chi connectivity index (χ1n) is 4.12. The summed E-state index contributed by atoms with van der Waals surface area (Å²) in [4.78, 5) is 0. The highest BCUT2D eigenvalue weighted by Crippen LogP contribution is 2.47. The van der Waals surface area contributed by atoms with Crippen molar-refractivity contribution < 1.29 is 30.7 Å². The standard InChI is InChI=1S/C6H15O7PS/c1-4-13-15(8,9)6-5-12-14(7,10-2)11-3/h4-6H2,1-3H3. The maximum Gasteiger partial charge on any atom is 0.474 e. The molecule has 92 valence electrons. The second kappa shape index (κ2) is 6.57. The zero-order valence-electron chi connectivity index (χ0n) is 8.83. The summed E-state index contributed by atoms with van der Waals surface area (Å²) in [5, 5.41) is 0. The molecular formula is C6H15O7PS. The zero-order chi connectivity index (χ0) is 11.9. The van der Waals surface area contributed by atoms with Crippen LogP contribution in [-0.2, 0) is 32.4 Å². The molecule has 0 heterocycles. The molecule has 0 radical (unpaired) electrons. The minimum absolute atomic E-state index is 0.0501. The van der Waals surface area contributed by atoms with Crippen LogP contribution in [0, 0.1) is 0 Å². The highest BCUT2D eigenvalue weighted by atomic mass is 32.2. The van der Waals surface area contributed by atoms with Crippen molar-refractivity contribution in [2.24, 2.45) is 0 Å². The van der Waals surface area contributed by atoms with Crippen LogP contribution in [0.4, 0.5) is 0 Å². The monoisotopic (exact) mass is 262 g/mol. The smallest absolute Gasteiger partial charge is 0.290 e. The van der Waals surface area contributed by atoms with E-state index in [9.17, 15) is 13.0 Å². The summed E-state index contributed by atoms with van der Waals surface area (Å²) in [7, 11) is -4.95. The molecule has 0 bridgehead atoms. The zero-order valence-corrected chi connectivity index (χ0v) is 10.5. The quantitative estimate of drug-likeness (QED) is 0.471. The lowest BCUT2D eigenvalue weighted by molar-refractivity contribution is 0.158. The van der Waals surface area contributed by atoms with Crippen LogP contribution < -0.4 is 0 Å².